The topological polar surface area (TPSA) is 92.5 Å². The van der Waals surface area contributed by atoms with Gasteiger partial charge in [0.1, 0.15) is 16.2 Å². The molecule has 7 nitrogen and oxygen atoms in total. The van der Waals surface area contributed by atoms with Gasteiger partial charge in [0.05, 0.1) is 5.92 Å². The Labute approximate surface area is 179 Å². The summed E-state index contributed by atoms with van der Waals surface area (Å²) in [5.41, 5.74) is 2.30. The molecule has 2 aromatic heterocycles. The van der Waals surface area contributed by atoms with Crippen LogP contribution in [0.1, 0.15) is 23.6 Å². The van der Waals surface area contributed by atoms with Gasteiger partial charge in [-0.25, -0.2) is 13.4 Å². The lowest BCUT2D eigenvalue weighted by molar-refractivity contribution is -0.120. The van der Waals surface area contributed by atoms with E-state index in [1.54, 1.807) is 25.3 Å². The van der Waals surface area contributed by atoms with Gasteiger partial charge < -0.3 is 9.73 Å². The van der Waals surface area contributed by atoms with Gasteiger partial charge in [0.2, 0.25) is 5.91 Å². The largest absolute Gasteiger partial charge is 0.449 e. The molecular weight excluding hydrogens is 422 g/mol. The summed E-state index contributed by atoms with van der Waals surface area (Å²) in [5.74, 6) is 0.0478. The number of hydrogen-bond acceptors (Lipinski definition) is 6. The number of piperidine rings is 1. The van der Waals surface area contributed by atoms with Crippen LogP contribution in [0.2, 0.25) is 0 Å². The molecule has 30 heavy (non-hydrogen) atoms. The molecule has 0 aliphatic carbocycles. The van der Waals surface area contributed by atoms with E-state index in [2.05, 4.69) is 10.3 Å². The molecule has 1 aromatic carbocycles. The van der Waals surface area contributed by atoms with Gasteiger partial charge in [-0.15, -0.1) is 11.3 Å². The molecule has 0 saturated carbocycles. The lowest BCUT2D eigenvalue weighted by Gasteiger charge is -2.30. The third kappa shape index (κ3) is 4.33. The number of anilines is 1. The Balaban J connectivity index is 1.42. The summed E-state index contributed by atoms with van der Waals surface area (Å²) in [6, 6.07) is 10.8. The molecule has 4 rings (SSSR count). The number of rotatable bonds is 5. The first-order valence-corrected chi connectivity index (χ1v) is 12.0. The number of hydrogen-bond donors (Lipinski definition) is 1. The van der Waals surface area contributed by atoms with Crippen LogP contribution in [0.15, 0.2) is 51.3 Å². The molecule has 0 radical (unpaired) electrons. The standard InChI is InChI=1S/C21H23N3O4S2/c1-14-5-10-20(29-14)30(26,27)24-11-3-4-17(12-24)21(25)23-18-8-6-16(7-9-18)19-13-28-15(2)22-19/h5-10,13,17H,3-4,11-12H2,1-2H3,(H,23,25). The van der Waals surface area contributed by atoms with E-state index in [1.165, 1.54) is 15.6 Å². The Morgan fingerprint density at radius 1 is 1.20 bits per heavy atom. The molecule has 1 aliphatic rings. The number of aromatic nitrogens is 1. The zero-order valence-electron chi connectivity index (χ0n) is 16.8. The first kappa shape index (κ1) is 20.8. The van der Waals surface area contributed by atoms with Gasteiger partial charge in [-0.05, 0) is 44.0 Å². The number of carbonyl (C=O) groups is 1. The maximum atomic E-state index is 12.9. The maximum Gasteiger partial charge on any atom is 0.252 e. The van der Waals surface area contributed by atoms with Gasteiger partial charge >= 0.3 is 0 Å². The fraction of sp³-hybridized carbons (Fsp3) is 0.333. The zero-order chi connectivity index (χ0) is 21.3. The minimum Gasteiger partial charge on any atom is -0.449 e. The SMILES string of the molecule is Cc1nc(-c2ccc(NC(=O)C3CCCN(S(=O)(=O)c4ccc(C)s4)C3)cc2)co1. The van der Waals surface area contributed by atoms with Crippen molar-refractivity contribution in [3.8, 4) is 11.3 Å². The maximum absolute atomic E-state index is 12.9. The normalized spacial score (nSPS) is 17.7. The van der Waals surface area contributed by atoms with Crippen LogP contribution in [0.3, 0.4) is 0 Å². The molecule has 1 unspecified atom stereocenters. The van der Waals surface area contributed by atoms with E-state index in [9.17, 15) is 13.2 Å². The number of amides is 1. The Hall–Kier alpha value is -2.49. The minimum absolute atomic E-state index is 0.165. The third-order valence-corrected chi connectivity index (χ3v) is 8.47. The number of nitrogens with zero attached hydrogens (tertiary/aromatic N) is 2. The number of oxazole rings is 1. The van der Waals surface area contributed by atoms with Crippen LogP contribution < -0.4 is 5.32 Å². The van der Waals surface area contributed by atoms with E-state index in [0.29, 0.717) is 35.2 Å². The van der Waals surface area contributed by atoms with Crippen molar-refractivity contribution in [3.05, 3.63) is 53.4 Å². The molecule has 1 fully saturated rings. The van der Waals surface area contributed by atoms with Crippen molar-refractivity contribution in [1.29, 1.82) is 0 Å². The van der Waals surface area contributed by atoms with Crippen LogP contribution in [-0.4, -0.2) is 36.7 Å². The van der Waals surface area contributed by atoms with Gasteiger partial charge in [0, 0.05) is 36.1 Å². The predicted octanol–water partition coefficient (Wildman–Crippen LogP) is 4.06. The highest BCUT2D eigenvalue weighted by Crippen LogP contribution is 2.29. The number of thiophene rings is 1. The fourth-order valence-corrected chi connectivity index (χ4v) is 6.48. The molecule has 1 amide bonds. The molecule has 158 valence electrons. The van der Waals surface area contributed by atoms with Crippen LogP contribution in [0.25, 0.3) is 11.3 Å². The monoisotopic (exact) mass is 445 g/mol. The van der Waals surface area contributed by atoms with E-state index in [1.807, 2.05) is 31.2 Å². The summed E-state index contributed by atoms with van der Waals surface area (Å²) >= 11 is 1.26. The highest BCUT2D eigenvalue weighted by molar-refractivity contribution is 7.91. The molecule has 3 heterocycles. The van der Waals surface area contributed by atoms with Gasteiger partial charge in [-0.3, -0.25) is 4.79 Å². The molecule has 0 bridgehead atoms. The van der Waals surface area contributed by atoms with Crippen molar-refractivity contribution in [1.82, 2.24) is 9.29 Å². The molecule has 1 N–H and O–H groups in total. The van der Waals surface area contributed by atoms with Crippen molar-refractivity contribution in [3.63, 3.8) is 0 Å². The number of nitrogens with one attached hydrogen (secondary N) is 1. The molecule has 0 spiro atoms. The number of benzene rings is 1. The lowest BCUT2D eigenvalue weighted by atomic mass is 9.98. The molecule has 1 atom stereocenters. The van der Waals surface area contributed by atoms with Crippen LogP contribution in [0.4, 0.5) is 5.69 Å². The van der Waals surface area contributed by atoms with Gasteiger partial charge in [0.15, 0.2) is 5.89 Å². The minimum atomic E-state index is -3.56. The molecule has 9 heteroatoms. The van der Waals surface area contributed by atoms with E-state index < -0.39 is 10.0 Å². The Bertz CT molecular complexity index is 1150. The van der Waals surface area contributed by atoms with Gasteiger partial charge in [-0.2, -0.15) is 4.31 Å². The molecule has 1 aliphatic heterocycles. The van der Waals surface area contributed by atoms with Crippen molar-refractivity contribution < 1.29 is 17.6 Å². The molecule has 3 aromatic rings. The highest BCUT2D eigenvalue weighted by Gasteiger charge is 2.34. The number of sulfonamides is 1. The molecular formula is C21H23N3O4S2. The lowest BCUT2D eigenvalue weighted by Crippen LogP contribution is -2.43. The second kappa shape index (κ2) is 8.33. The van der Waals surface area contributed by atoms with Crippen molar-refractivity contribution in [2.75, 3.05) is 18.4 Å². The summed E-state index contributed by atoms with van der Waals surface area (Å²) < 4.78 is 32.8. The van der Waals surface area contributed by atoms with E-state index in [-0.39, 0.29) is 18.4 Å². The van der Waals surface area contributed by atoms with Gasteiger partial charge in [0.25, 0.3) is 10.0 Å². The first-order valence-electron chi connectivity index (χ1n) is 9.73. The van der Waals surface area contributed by atoms with E-state index in [0.717, 1.165) is 16.1 Å². The first-order chi connectivity index (χ1) is 14.3. The summed E-state index contributed by atoms with van der Waals surface area (Å²) in [4.78, 5) is 18.0. The van der Waals surface area contributed by atoms with Crippen LogP contribution in [0.5, 0.6) is 0 Å². The fourth-order valence-electron chi connectivity index (χ4n) is 3.52. The number of aryl methyl sites for hydroxylation is 2. The van der Waals surface area contributed by atoms with Gasteiger partial charge in [-0.1, -0.05) is 12.1 Å². The Morgan fingerprint density at radius 3 is 2.60 bits per heavy atom. The average molecular weight is 446 g/mol. The summed E-state index contributed by atoms with van der Waals surface area (Å²) in [6.45, 7) is 4.30. The Morgan fingerprint density at radius 2 is 1.97 bits per heavy atom. The molecule has 1 saturated heterocycles. The van der Waals surface area contributed by atoms with Crippen LogP contribution >= 0.6 is 11.3 Å². The smallest absolute Gasteiger partial charge is 0.252 e. The Kier molecular flexibility index (Phi) is 5.77. The summed E-state index contributed by atoms with van der Waals surface area (Å²) in [6.07, 6.45) is 2.92. The van der Waals surface area contributed by atoms with E-state index >= 15 is 0 Å². The summed E-state index contributed by atoms with van der Waals surface area (Å²) in [5, 5.41) is 2.91. The van der Waals surface area contributed by atoms with Crippen molar-refractivity contribution in [2.24, 2.45) is 5.92 Å². The van der Waals surface area contributed by atoms with E-state index in [4.69, 9.17) is 4.42 Å². The number of carbonyl (C=O) groups excluding carboxylic acids is 1. The van der Waals surface area contributed by atoms with Crippen LogP contribution in [0, 0.1) is 19.8 Å². The zero-order valence-corrected chi connectivity index (χ0v) is 18.4. The second-order valence-corrected chi connectivity index (χ2v) is 10.8. The highest BCUT2D eigenvalue weighted by atomic mass is 32.2. The predicted molar refractivity (Wildman–Crippen MR) is 116 cm³/mol. The van der Waals surface area contributed by atoms with Crippen LogP contribution in [-0.2, 0) is 14.8 Å². The average Bonchev–Trinajstić information content (AvgIpc) is 3.37. The van der Waals surface area contributed by atoms with Crippen molar-refractivity contribution in [2.45, 2.75) is 30.9 Å². The quantitative estimate of drug-likeness (QED) is 0.639. The summed E-state index contributed by atoms with van der Waals surface area (Å²) in [7, 11) is -3.56. The van der Waals surface area contributed by atoms with Crippen molar-refractivity contribution >= 4 is 33.0 Å². The second-order valence-electron chi connectivity index (χ2n) is 7.39. The third-order valence-electron chi connectivity index (χ3n) is 5.13.